The molecule has 19 heavy (non-hydrogen) atoms. The summed E-state index contributed by atoms with van der Waals surface area (Å²) in [6.07, 6.45) is 1.93. The van der Waals surface area contributed by atoms with Gasteiger partial charge in [-0.1, -0.05) is 0 Å². The molecule has 0 aliphatic carbocycles. The smallest absolute Gasteiger partial charge is 0.321 e. The number of piperidine rings is 1. The number of amides is 2. The maximum absolute atomic E-state index is 12.1. The minimum absolute atomic E-state index is 0.108. The van der Waals surface area contributed by atoms with Crippen molar-refractivity contribution in [2.75, 3.05) is 32.1 Å². The van der Waals surface area contributed by atoms with Gasteiger partial charge in [0.05, 0.1) is 7.11 Å². The number of ether oxygens (including phenoxy) is 1. The van der Waals surface area contributed by atoms with Crippen molar-refractivity contribution >= 4 is 11.7 Å². The van der Waals surface area contributed by atoms with Crippen molar-refractivity contribution in [2.24, 2.45) is 5.92 Å². The van der Waals surface area contributed by atoms with Gasteiger partial charge in [-0.05, 0) is 43.0 Å². The number of benzene rings is 1. The Kier molecular flexibility index (Phi) is 4.63. The minimum Gasteiger partial charge on any atom is -0.497 e. The molecule has 1 unspecified atom stereocenters. The van der Waals surface area contributed by atoms with E-state index in [2.05, 4.69) is 5.32 Å². The molecular weight excluding hydrogens is 244 g/mol. The molecule has 1 fully saturated rings. The molecular formula is C14H20N2O3. The van der Waals surface area contributed by atoms with Gasteiger partial charge in [-0.25, -0.2) is 4.79 Å². The average molecular weight is 264 g/mol. The van der Waals surface area contributed by atoms with Gasteiger partial charge in [0.25, 0.3) is 0 Å². The number of methoxy groups -OCH3 is 1. The number of urea groups is 1. The van der Waals surface area contributed by atoms with Gasteiger partial charge in [-0.2, -0.15) is 0 Å². The van der Waals surface area contributed by atoms with Gasteiger partial charge < -0.3 is 20.1 Å². The van der Waals surface area contributed by atoms with Gasteiger partial charge in [0.15, 0.2) is 0 Å². The van der Waals surface area contributed by atoms with Crippen molar-refractivity contribution in [2.45, 2.75) is 12.8 Å². The Morgan fingerprint density at radius 2 is 2.21 bits per heavy atom. The number of carbonyl (C=O) groups excluding carboxylic acids is 1. The van der Waals surface area contributed by atoms with E-state index >= 15 is 0 Å². The molecule has 1 aromatic carbocycles. The van der Waals surface area contributed by atoms with Crippen LogP contribution in [0.15, 0.2) is 24.3 Å². The van der Waals surface area contributed by atoms with Crippen LogP contribution < -0.4 is 10.1 Å². The largest absolute Gasteiger partial charge is 0.497 e. The molecule has 0 aromatic heterocycles. The fourth-order valence-corrected chi connectivity index (χ4v) is 2.28. The van der Waals surface area contributed by atoms with Crippen LogP contribution in [-0.4, -0.2) is 42.8 Å². The van der Waals surface area contributed by atoms with E-state index in [0.717, 1.165) is 30.8 Å². The molecule has 5 nitrogen and oxygen atoms in total. The number of nitrogens with zero attached hydrogens (tertiary/aromatic N) is 1. The van der Waals surface area contributed by atoms with Crippen LogP contribution in [0.5, 0.6) is 5.75 Å². The van der Waals surface area contributed by atoms with Crippen LogP contribution in [0.3, 0.4) is 0 Å². The Bertz CT molecular complexity index is 419. The first-order chi connectivity index (χ1) is 9.22. The zero-order valence-corrected chi connectivity index (χ0v) is 11.1. The Morgan fingerprint density at radius 1 is 1.47 bits per heavy atom. The summed E-state index contributed by atoms with van der Waals surface area (Å²) in [4.78, 5) is 13.8. The van der Waals surface area contributed by atoms with Gasteiger partial charge in [-0.15, -0.1) is 0 Å². The van der Waals surface area contributed by atoms with Gasteiger partial charge in [0.2, 0.25) is 0 Å². The molecule has 104 valence electrons. The summed E-state index contributed by atoms with van der Waals surface area (Å²) in [5.74, 6) is 0.965. The predicted octanol–water partition coefficient (Wildman–Crippen LogP) is 1.93. The van der Waals surface area contributed by atoms with Gasteiger partial charge in [-0.3, -0.25) is 0 Å². The van der Waals surface area contributed by atoms with Crippen LogP contribution in [-0.2, 0) is 0 Å². The van der Waals surface area contributed by atoms with Crippen LogP contribution in [0.1, 0.15) is 12.8 Å². The number of nitrogens with one attached hydrogen (secondary N) is 1. The van der Waals surface area contributed by atoms with Crippen LogP contribution in [0.4, 0.5) is 10.5 Å². The lowest BCUT2D eigenvalue weighted by Crippen LogP contribution is -2.43. The molecule has 1 aromatic rings. The third-order valence-electron chi connectivity index (χ3n) is 3.41. The summed E-state index contributed by atoms with van der Waals surface area (Å²) < 4.78 is 5.07. The molecule has 1 aliphatic rings. The molecule has 1 saturated heterocycles. The fraction of sp³-hybridized carbons (Fsp3) is 0.500. The highest BCUT2D eigenvalue weighted by molar-refractivity contribution is 5.89. The first-order valence-electron chi connectivity index (χ1n) is 6.53. The SMILES string of the molecule is COc1ccc(NC(=O)N2CCCC(CO)C2)cc1. The molecule has 0 radical (unpaired) electrons. The standard InChI is InChI=1S/C14H20N2O3/c1-19-13-6-4-12(5-7-13)15-14(18)16-8-2-3-11(9-16)10-17/h4-7,11,17H,2-3,8-10H2,1H3,(H,15,18). The van der Waals surface area contributed by atoms with E-state index in [1.165, 1.54) is 0 Å². The van der Waals surface area contributed by atoms with Crippen molar-refractivity contribution in [3.05, 3.63) is 24.3 Å². The molecule has 1 atom stereocenters. The van der Waals surface area contributed by atoms with Crippen molar-refractivity contribution in [3.8, 4) is 5.75 Å². The molecule has 0 saturated carbocycles. The summed E-state index contributed by atoms with van der Waals surface area (Å²) in [5, 5.41) is 12.0. The zero-order chi connectivity index (χ0) is 13.7. The highest BCUT2D eigenvalue weighted by Crippen LogP contribution is 2.18. The maximum Gasteiger partial charge on any atom is 0.321 e. The Balaban J connectivity index is 1.92. The van der Waals surface area contributed by atoms with Crippen LogP contribution in [0.25, 0.3) is 0 Å². The van der Waals surface area contributed by atoms with E-state index < -0.39 is 0 Å². The zero-order valence-electron chi connectivity index (χ0n) is 11.1. The Labute approximate surface area is 113 Å². The number of rotatable bonds is 3. The van der Waals surface area contributed by atoms with Crippen LogP contribution in [0, 0.1) is 5.92 Å². The highest BCUT2D eigenvalue weighted by Gasteiger charge is 2.22. The normalized spacial score (nSPS) is 19.1. The molecule has 0 spiro atoms. The second-order valence-electron chi connectivity index (χ2n) is 4.80. The second kappa shape index (κ2) is 6.43. The molecule has 5 heteroatoms. The lowest BCUT2D eigenvalue weighted by molar-refractivity contribution is 0.136. The second-order valence-corrected chi connectivity index (χ2v) is 4.80. The average Bonchev–Trinajstić information content (AvgIpc) is 2.48. The maximum atomic E-state index is 12.1. The molecule has 2 rings (SSSR count). The number of likely N-dealkylation sites (tertiary alicyclic amines) is 1. The van der Waals surface area contributed by atoms with Crippen LogP contribution in [0.2, 0.25) is 0 Å². The number of anilines is 1. The molecule has 2 amide bonds. The fourth-order valence-electron chi connectivity index (χ4n) is 2.28. The Morgan fingerprint density at radius 3 is 2.84 bits per heavy atom. The van der Waals surface area contributed by atoms with Crippen molar-refractivity contribution < 1.29 is 14.6 Å². The summed E-state index contributed by atoms with van der Waals surface area (Å²) in [5.41, 5.74) is 0.747. The van der Waals surface area contributed by atoms with Crippen LogP contribution >= 0.6 is 0 Å². The topological polar surface area (TPSA) is 61.8 Å². The molecule has 0 bridgehead atoms. The Hall–Kier alpha value is -1.75. The van der Waals surface area contributed by atoms with Gasteiger partial charge >= 0.3 is 6.03 Å². The quantitative estimate of drug-likeness (QED) is 0.877. The number of aliphatic hydroxyl groups excluding tert-OH is 1. The van der Waals surface area contributed by atoms with Gasteiger partial charge in [0.1, 0.15) is 5.75 Å². The summed E-state index contributed by atoms with van der Waals surface area (Å²) in [7, 11) is 1.61. The highest BCUT2D eigenvalue weighted by atomic mass is 16.5. The molecule has 1 heterocycles. The summed E-state index contributed by atoms with van der Waals surface area (Å²) in [6, 6.07) is 7.13. The lowest BCUT2D eigenvalue weighted by atomic mass is 9.99. The first-order valence-corrected chi connectivity index (χ1v) is 6.53. The van der Waals surface area contributed by atoms with Crippen molar-refractivity contribution in [3.63, 3.8) is 0 Å². The summed E-state index contributed by atoms with van der Waals surface area (Å²) >= 11 is 0. The monoisotopic (exact) mass is 264 g/mol. The lowest BCUT2D eigenvalue weighted by Gasteiger charge is -2.31. The van der Waals surface area contributed by atoms with E-state index in [0.29, 0.717) is 6.54 Å². The predicted molar refractivity (Wildman–Crippen MR) is 73.4 cm³/mol. The number of aliphatic hydroxyl groups is 1. The number of hydrogen-bond donors (Lipinski definition) is 2. The van der Waals surface area contributed by atoms with Crippen molar-refractivity contribution in [1.82, 2.24) is 4.90 Å². The number of carbonyl (C=O) groups is 1. The number of hydrogen-bond acceptors (Lipinski definition) is 3. The van der Waals surface area contributed by atoms with E-state index in [1.54, 1.807) is 12.0 Å². The minimum atomic E-state index is -0.108. The van der Waals surface area contributed by atoms with Gasteiger partial charge in [0, 0.05) is 25.4 Å². The first kappa shape index (κ1) is 13.7. The van der Waals surface area contributed by atoms with Crippen molar-refractivity contribution in [1.29, 1.82) is 0 Å². The van der Waals surface area contributed by atoms with E-state index in [4.69, 9.17) is 9.84 Å². The van der Waals surface area contributed by atoms with E-state index in [1.807, 2.05) is 24.3 Å². The molecule has 2 N–H and O–H groups in total. The third-order valence-corrected chi connectivity index (χ3v) is 3.41. The molecule has 1 aliphatic heterocycles. The van der Waals surface area contributed by atoms with E-state index in [-0.39, 0.29) is 18.6 Å². The van der Waals surface area contributed by atoms with E-state index in [9.17, 15) is 4.79 Å². The summed E-state index contributed by atoms with van der Waals surface area (Å²) in [6.45, 7) is 1.52. The third kappa shape index (κ3) is 3.61.